The molecule has 1 aliphatic rings. The maximum absolute atomic E-state index is 5.81. The van der Waals surface area contributed by atoms with Gasteiger partial charge in [-0.05, 0) is 42.8 Å². The van der Waals surface area contributed by atoms with Crippen molar-refractivity contribution in [3.8, 4) is 11.5 Å². The average Bonchev–Trinajstić information content (AvgIpc) is 2.94. The number of hydrogen-bond donors (Lipinski definition) is 1. The van der Waals surface area contributed by atoms with Crippen molar-refractivity contribution in [2.45, 2.75) is 26.0 Å². The van der Waals surface area contributed by atoms with Gasteiger partial charge in [0, 0.05) is 24.0 Å². The van der Waals surface area contributed by atoms with Gasteiger partial charge in [0.25, 0.3) is 0 Å². The largest absolute Gasteiger partial charge is 0.491 e. The summed E-state index contributed by atoms with van der Waals surface area (Å²) in [7, 11) is 0. The second-order valence-corrected chi connectivity index (χ2v) is 5.16. The molecule has 0 amide bonds. The summed E-state index contributed by atoms with van der Waals surface area (Å²) >= 11 is 0. The third-order valence-corrected chi connectivity index (χ3v) is 3.56. The second-order valence-electron chi connectivity index (χ2n) is 5.16. The number of ether oxygens (including phenoxy) is 2. The predicted octanol–water partition coefficient (Wildman–Crippen LogP) is 3.09. The molecule has 0 saturated heterocycles. The minimum Gasteiger partial charge on any atom is -0.491 e. The molecular formula is C17H20N2O2. The van der Waals surface area contributed by atoms with Crippen molar-refractivity contribution in [1.29, 1.82) is 0 Å². The first kappa shape index (κ1) is 13.9. The van der Waals surface area contributed by atoms with Gasteiger partial charge in [0.05, 0.1) is 6.04 Å². The zero-order valence-corrected chi connectivity index (χ0v) is 12.2. The SMILES string of the molecule is CCCNC1COc2cc(OCc3ccncc3)ccc21. The maximum atomic E-state index is 5.81. The molecule has 1 unspecified atom stereocenters. The fraction of sp³-hybridized carbons (Fsp3) is 0.353. The predicted molar refractivity (Wildman–Crippen MR) is 81.5 cm³/mol. The van der Waals surface area contributed by atoms with Gasteiger partial charge in [0.15, 0.2) is 0 Å². The first-order valence-corrected chi connectivity index (χ1v) is 7.38. The third kappa shape index (κ3) is 3.34. The lowest BCUT2D eigenvalue weighted by molar-refractivity contribution is 0.297. The van der Waals surface area contributed by atoms with Gasteiger partial charge in [0.1, 0.15) is 24.7 Å². The zero-order valence-electron chi connectivity index (χ0n) is 12.2. The molecule has 1 aliphatic heterocycles. The first-order valence-electron chi connectivity index (χ1n) is 7.38. The minimum absolute atomic E-state index is 0.300. The number of benzene rings is 1. The van der Waals surface area contributed by atoms with E-state index in [1.54, 1.807) is 12.4 Å². The van der Waals surface area contributed by atoms with Crippen LogP contribution in [0.2, 0.25) is 0 Å². The molecule has 4 heteroatoms. The Balaban J connectivity index is 1.64. The smallest absolute Gasteiger partial charge is 0.128 e. The number of nitrogens with zero attached hydrogens (tertiary/aromatic N) is 1. The van der Waals surface area contributed by atoms with E-state index in [1.807, 2.05) is 24.3 Å². The molecule has 2 heterocycles. The van der Waals surface area contributed by atoms with E-state index >= 15 is 0 Å². The summed E-state index contributed by atoms with van der Waals surface area (Å²) in [4.78, 5) is 4.00. The second kappa shape index (κ2) is 6.59. The quantitative estimate of drug-likeness (QED) is 0.885. The summed E-state index contributed by atoms with van der Waals surface area (Å²) in [5, 5.41) is 3.49. The molecule has 0 bridgehead atoms. The molecule has 1 aromatic carbocycles. The molecule has 3 rings (SSSR count). The summed E-state index contributed by atoms with van der Waals surface area (Å²) in [5.74, 6) is 1.76. The van der Waals surface area contributed by atoms with Crippen LogP contribution in [0.3, 0.4) is 0 Å². The van der Waals surface area contributed by atoms with Gasteiger partial charge in [-0.25, -0.2) is 0 Å². The summed E-state index contributed by atoms with van der Waals surface area (Å²) < 4.78 is 11.6. The molecule has 0 radical (unpaired) electrons. The number of rotatable bonds is 6. The molecule has 2 aromatic rings. The van der Waals surface area contributed by atoms with Gasteiger partial charge < -0.3 is 14.8 Å². The van der Waals surface area contributed by atoms with E-state index in [1.165, 1.54) is 5.56 Å². The maximum Gasteiger partial charge on any atom is 0.128 e. The minimum atomic E-state index is 0.300. The van der Waals surface area contributed by atoms with E-state index < -0.39 is 0 Å². The normalized spacial score (nSPS) is 16.3. The van der Waals surface area contributed by atoms with E-state index in [0.717, 1.165) is 30.0 Å². The van der Waals surface area contributed by atoms with Crippen LogP contribution in [-0.4, -0.2) is 18.1 Å². The average molecular weight is 284 g/mol. The van der Waals surface area contributed by atoms with Crippen molar-refractivity contribution in [3.05, 3.63) is 53.9 Å². The van der Waals surface area contributed by atoms with Crippen molar-refractivity contribution in [3.63, 3.8) is 0 Å². The van der Waals surface area contributed by atoms with Crippen LogP contribution in [-0.2, 0) is 6.61 Å². The van der Waals surface area contributed by atoms with Gasteiger partial charge in [-0.2, -0.15) is 0 Å². The highest BCUT2D eigenvalue weighted by molar-refractivity contribution is 5.45. The van der Waals surface area contributed by atoms with Crippen LogP contribution in [0, 0.1) is 0 Å². The Hall–Kier alpha value is -2.07. The lowest BCUT2D eigenvalue weighted by Gasteiger charge is -2.11. The molecule has 0 spiro atoms. The van der Waals surface area contributed by atoms with Crippen LogP contribution < -0.4 is 14.8 Å². The summed E-state index contributed by atoms with van der Waals surface area (Å²) in [6, 6.07) is 10.3. The van der Waals surface area contributed by atoms with E-state index in [4.69, 9.17) is 9.47 Å². The molecule has 4 nitrogen and oxygen atoms in total. The Bertz CT molecular complexity index is 587. The lowest BCUT2D eigenvalue weighted by atomic mass is 10.1. The molecular weight excluding hydrogens is 264 g/mol. The summed E-state index contributed by atoms with van der Waals surface area (Å²) in [5.41, 5.74) is 2.33. The van der Waals surface area contributed by atoms with Crippen LogP contribution in [0.25, 0.3) is 0 Å². The molecule has 0 saturated carbocycles. The fourth-order valence-corrected chi connectivity index (χ4v) is 2.41. The van der Waals surface area contributed by atoms with E-state index in [9.17, 15) is 0 Å². The molecule has 0 aliphatic carbocycles. The number of aromatic nitrogens is 1. The first-order chi connectivity index (χ1) is 10.4. The van der Waals surface area contributed by atoms with Gasteiger partial charge >= 0.3 is 0 Å². The van der Waals surface area contributed by atoms with E-state index in [-0.39, 0.29) is 0 Å². The van der Waals surface area contributed by atoms with Crippen molar-refractivity contribution in [2.75, 3.05) is 13.2 Å². The molecule has 21 heavy (non-hydrogen) atoms. The topological polar surface area (TPSA) is 43.4 Å². The number of pyridine rings is 1. The van der Waals surface area contributed by atoms with Gasteiger partial charge in [-0.15, -0.1) is 0 Å². The van der Waals surface area contributed by atoms with Crippen LogP contribution in [0.1, 0.15) is 30.5 Å². The van der Waals surface area contributed by atoms with Gasteiger partial charge in [0.2, 0.25) is 0 Å². The highest BCUT2D eigenvalue weighted by Gasteiger charge is 2.23. The highest BCUT2D eigenvalue weighted by atomic mass is 16.5. The van der Waals surface area contributed by atoms with Crippen molar-refractivity contribution in [1.82, 2.24) is 10.3 Å². The fourth-order valence-electron chi connectivity index (χ4n) is 2.41. The Kier molecular flexibility index (Phi) is 4.36. The Morgan fingerprint density at radius 3 is 2.95 bits per heavy atom. The Morgan fingerprint density at radius 1 is 1.29 bits per heavy atom. The number of hydrogen-bond acceptors (Lipinski definition) is 4. The van der Waals surface area contributed by atoms with Gasteiger partial charge in [-0.3, -0.25) is 4.98 Å². The summed E-state index contributed by atoms with van der Waals surface area (Å²) in [6.45, 7) is 4.41. The van der Waals surface area contributed by atoms with E-state index in [2.05, 4.69) is 23.3 Å². The van der Waals surface area contributed by atoms with Crippen LogP contribution in [0.5, 0.6) is 11.5 Å². The van der Waals surface area contributed by atoms with Crippen molar-refractivity contribution >= 4 is 0 Å². The molecule has 110 valence electrons. The Morgan fingerprint density at radius 2 is 2.14 bits per heavy atom. The monoisotopic (exact) mass is 284 g/mol. The Labute approximate surface area is 125 Å². The molecule has 1 atom stereocenters. The number of fused-ring (bicyclic) bond motifs is 1. The lowest BCUT2D eigenvalue weighted by Crippen LogP contribution is -2.22. The van der Waals surface area contributed by atoms with Gasteiger partial charge in [-0.1, -0.05) is 6.92 Å². The number of nitrogens with one attached hydrogen (secondary N) is 1. The van der Waals surface area contributed by atoms with Crippen LogP contribution >= 0.6 is 0 Å². The van der Waals surface area contributed by atoms with E-state index in [0.29, 0.717) is 19.3 Å². The standard InChI is InChI=1S/C17H20N2O2/c1-2-7-19-16-12-21-17-10-14(3-4-15(16)17)20-11-13-5-8-18-9-6-13/h3-6,8-10,16,19H,2,7,11-12H2,1H3. The summed E-state index contributed by atoms with van der Waals surface area (Å²) in [6.07, 6.45) is 4.67. The molecule has 1 N–H and O–H groups in total. The van der Waals surface area contributed by atoms with Crippen LogP contribution in [0.15, 0.2) is 42.7 Å². The van der Waals surface area contributed by atoms with Crippen molar-refractivity contribution < 1.29 is 9.47 Å². The molecule has 0 fully saturated rings. The van der Waals surface area contributed by atoms with Crippen molar-refractivity contribution in [2.24, 2.45) is 0 Å². The van der Waals surface area contributed by atoms with Crippen LogP contribution in [0.4, 0.5) is 0 Å². The zero-order chi connectivity index (χ0) is 14.5. The molecule has 1 aromatic heterocycles. The third-order valence-electron chi connectivity index (χ3n) is 3.56. The highest BCUT2D eigenvalue weighted by Crippen LogP contribution is 2.35.